The molecule has 0 atom stereocenters. The SMILES string of the molecule is O=C(O)Cc1nnnn1CC1CCC1. The maximum atomic E-state index is 10.5. The van der Waals surface area contributed by atoms with Crippen molar-refractivity contribution in [2.24, 2.45) is 5.92 Å². The zero-order chi connectivity index (χ0) is 9.97. The van der Waals surface area contributed by atoms with Crippen LogP contribution in [-0.2, 0) is 17.8 Å². The number of aliphatic carboxylic acids is 1. The lowest BCUT2D eigenvalue weighted by atomic mass is 9.85. The number of carbonyl (C=O) groups is 1. The smallest absolute Gasteiger partial charge is 0.311 e. The van der Waals surface area contributed by atoms with Gasteiger partial charge in [-0.2, -0.15) is 0 Å². The molecule has 1 aromatic rings. The van der Waals surface area contributed by atoms with E-state index in [4.69, 9.17) is 5.11 Å². The first-order valence-electron chi connectivity index (χ1n) is 4.72. The fourth-order valence-corrected chi connectivity index (χ4v) is 1.55. The Morgan fingerprint density at radius 2 is 2.36 bits per heavy atom. The fourth-order valence-electron chi connectivity index (χ4n) is 1.55. The van der Waals surface area contributed by atoms with Gasteiger partial charge in [-0.3, -0.25) is 4.79 Å². The lowest BCUT2D eigenvalue weighted by Gasteiger charge is -2.24. The van der Waals surface area contributed by atoms with E-state index in [0.717, 1.165) is 6.54 Å². The first-order chi connectivity index (χ1) is 6.75. The van der Waals surface area contributed by atoms with E-state index in [1.165, 1.54) is 19.3 Å². The summed E-state index contributed by atoms with van der Waals surface area (Å²) in [7, 11) is 0. The lowest BCUT2D eigenvalue weighted by Crippen LogP contribution is -2.21. The van der Waals surface area contributed by atoms with Gasteiger partial charge in [-0.05, 0) is 29.2 Å². The second-order valence-corrected chi connectivity index (χ2v) is 3.64. The van der Waals surface area contributed by atoms with E-state index in [-0.39, 0.29) is 6.42 Å². The van der Waals surface area contributed by atoms with Gasteiger partial charge in [0.15, 0.2) is 5.82 Å². The molecular formula is C8H12N4O2. The Hall–Kier alpha value is -1.46. The van der Waals surface area contributed by atoms with Crippen LogP contribution in [0.15, 0.2) is 0 Å². The standard InChI is InChI=1S/C8H12N4O2/c13-8(14)4-7-9-10-11-12(7)5-6-2-1-3-6/h6H,1-5H2,(H,13,14). The van der Waals surface area contributed by atoms with Crippen molar-refractivity contribution in [2.75, 3.05) is 0 Å². The molecule has 0 bridgehead atoms. The Morgan fingerprint density at radius 1 is 1.57 bits per heavy atom. The highest BCUT2D eigenvalue weighted by Gasteiger charge is 2.20. The molecule has 1 aromatic heterocycles. The Balaban J connectivity index is 2.00. The maximum absolute atomic E-state index is 10.5. The normalized spacial score (nSPS) is 16.6. The number of tetrazole rings is 1. The third-order valence-electron chi connectivity index (χ3n) is 2.57. The minimum absolute atomic E-state index is 0.0975. The minimum atomic E-state index is -0.894. The molecule has 76 valence electrons. The average molecular weight is 196 g/mol. The van der Waals surface area contributed by atoms with Crippen molar-refractivity contribution >= 4 is 5.97 Å². The van der Waals surface area contributed by atoms with Gasteiger partial charge in [-0.25, -0.2) is 4.68 Å². The maximum Gasteiger partial charge on any atom is 0.311 e. The molecule has 1 aliphatic carbocycles. The molecule has 0 amide bonds. The monoisotopic (exact) mass is 196 g/mol. The predicted octanol–water partition coefficient (Wildman–Crippen LogP) is 0.100. The van der Waals surface area contributed by atoms with Crippen LogP contribution in [0.2, 0.25) is 0 Å². The quantitative estimate of drug-likeness (QED) is 0.738. The molecule has 0 spiro atoms. The zero-order valence-corrected chi connectivity index (χ0v) is 7.76. The number of hydrogen-bond acceptors (Lipinski definition) is 4. The Morgan fingerprint density at radius 3 is 2.93 bits per heavy atom. The zero-order valence-electron chi connectivity index (χ0n) is 7.76. The molecule has 0 saturated heterocycles. The number of carboxylic acid groups (broad SMARTS) is 1. The second kappa shape index (κ2) is 3.73. The van der Waals surface area contributed by atoms with Crippen LogP contribution in [0.3, 0.4) is 0 Å². The van der Waals surface area contributed by atoms with Gasteiger partial charge in [0.05, 0.1) is 0 Å². The third-order valence-corrected chi connectivity index (χ3v) is 2.57. The van der Waals surface area contributed by atoms with Crippen LogP contribution in [0.1, 0.15) is 25.1 Å². The van der Waals surface area contributed by atoms with E-state index >= 15 is 0 Å². The molecule has 6 heteroatoms. The van der Waals surface area contributed by atoms with E-state index in [9.17, 15) is 4.79 Å². The van der Waals surface area contributed by atoms with E-state index in [0.29, 0.717) is 11.7 Å². The van der Waals surface area contributed by atoms with Gasteiger partial charge in [-0.15, -0.1) is 5.10 Å². The van der Waals surface area contributed by atoms with Crippen LogP contribution < -0.4 is 0 Å². The number of aromatic nitrogens is 4. The summed E-state index contributed by atoms with van der Waals surface area (Å²) in [4.78, 5) is 10.5. The van der Waals surface area contributed by atoms with Gasteiger partial charge in [0.25, 0.3) is 0 Å². The van der Waals surface area contributed by atoms with E-state index in [1.54, 1.807) is 4.68 Å². The number of hydrogen-bond donors (Lipinski definition) is 1. The van der Waals surface area contributed by atoms with Crippen LogP contribution in [0.4, 0.5) is 0 Å². The molecule has 0 aliphatic heterocycles. The van der Waals surface area contributed by atoms with Crippen molar-refractivity contribution in [3.8, 4) is 0 Å². The van der Waals surface area contributed by atoms with Crippen LogP contribution in [0.5, 0.6) is 0 Å². The summed E-state index contributed by atoms with van der Waals surface area (Å²) < 4.78 is 1.61. The summed E-state index contributed by atoms with van der Waals surface area (Å²) in [5.41, 5.74) is 0. The number of carboxylic acids is 1. The molecular weight excluding hydrogens is 184 g/mol. The highest BCUT2D eigenvalue weighted by molar-refractivity contribution is 5.68. The summed E-state index contributed by atoms with van der Waals surface area (Å²) in [6.07, 6.45) is 3.57. The van der Waals surface area contributed by atoms with Gasteiger partial charge in [0, 0.05) is 6.54 Å². The predicted molar refractivity (Wildman–Crippen MR) is 46.5 cm³/mol. The molecule has 0 radical (unpaired) electrons. The van der Waals surface area contributed by atoms with Gasteiger partial charge in [-0.1, -0.05) is 6.42 Å². The van der Waals surface area contributed by atoms with Crippen molar-refractivity contribution < 1.29 is 9.90 Å². The molecule has 2 rings (SSSR count). The highest BCUT2D eigenvalue weighted by atomic mass is 16.4. The topological polar surface area (TPSA) is 80.9 Å². The van der Waals surface area contributed by atoms with Gasteiger partial charge >= 0.3 is 5.97 Å². The van der Waals surface area contributed by atoms with Crippen molar-refractivity contribution in [2.45, 2.75) is 32.2 Å². The second-order valence-electron chi connectivity index (χ2n) is 3.64. The summed E-state index contributed by atoms with van der Waals surface area (Å²) in [5, 5.41) is 19.6. The largest absolute Gasteiger partial charge is 0.481 e. The number of rotatable bonds is 4. The highest BCUT2D eigenvalue weighted by Crippen LogP contribution is 2.27. The van der Waals surface area contributed by atoms with Gasteiger partial charge in [0.2, 0.25) is 0 Å². The van der Waals surface area contributed by atoms with E-state index in [2.05, 4.69) is 15.5 Å². The molecule has 14 heavy (non-hydrogen) atoms. The number of nitrogens with zero attached hydrogens (tertiary/aromatic N) is 4. The summed E-state index contributed by atoms with van der Waals surface area (Å²) in [5.74, 6) is 0.185. The van der Waals surface area contributed by atoms with Crippen LogP contribution in [-0.4, -0.2) is 31.3 Å². The van der Waals surface area contributed by atoms with Crippen LogP contribution >= 0.6 is 0 Å². The van der Waals surface area contributed by atoms with Gasteiger partial charge < -0.3 is 5.11 Å². The molecule has 0 aromatic carbocycles. The summed E-state index contributed by atoms with van der Waals surface area (Å²) in [6, 6.07) is 0. The van der Waals surface area contributed by atoms with Gasteiger partial charge in [0.1, 0.15) is 6.42 Å². The third kappa shape index (κ3) is 1.89. The average Bonchev–Trinajstić information content (AvgIpc) is 2.44. The molecule has 1 saturated carbocycles. The molecule has 1 aliphatic rings. The van der Waals surface area contributed by atoms with Crippen LogP contribution in [0.25, 0.3) is 0 Å². The molecule has 1 fully saturated rings. The van der Waals surface area contributed by atoms with Crippen LogP contribution in [0, 0.1) is 5.92 Å². The summed E-state index contributed by atoms with van der Waals surface area (Å²) >= 11 is 0. The van der Waals surface area contributed by atoms with E-state index in [1.807, 2.05) is 0 Å². The molecule has 1 N–H and O–H groups in total. The summed E-state index contributed by atoms with van der Waals surface area (Å²) in [6.45, 7) is 0.760. The van der Waals surface area contributed by atoms with Crippen molar-refractivity contribution in [3.05, 3.63) is 5.82 Å². The van der Waals surface area contributed by atoms with E-state index < -0.39 is 5.97 Å². The molecule has 6 nitrogen and oxygen atoms in total. The minimum Gasteiger partial charge on any atom is -0.481 e. The first-order valence-corrected chi connectivity index (χ1v) is 4.72. The lowest BCUT2D eigenvalue weighted by molar-refractivity contribution is -0.136. The Kier molecular flexibility index (Phi) is 2.43. The van der Waals surface area contributed by atoms with Crippen molar-refractivity contribution in [1.82, 2.24) is 20.2 Å². The molecule has 1 heterocycles. The fraction of sp³-hybridized carbons (Fsp3) is 0.750. The Labute approximate surface area is 80.9 Å². The first kappa shape index (κ1) is 9.11. The van der Waals surface area contributed by atoms with Crippen molar-refractivity contribution in [1.29, 1.82) is 0 Å². The molecule has 0 unspecified atom stereocenters. The van der Waals surface area contributed by atoms with Crippen molar-refractivity contribution in [3.63, 3.8) is 0 Å². The Bertz CT molecular complexity index is 332.